The van der Waals surface area contributed by atoms with Gasteiger partial charge in [0.25, 0.3) is 5.69 Å². The van der Waals surface area contributed by atoms with Gasteiger partial charge in [0.05, 0.1) is 18.0 Å². The van der Waals surface area contributed by atoms with Gasteiger partial charge in [-0.15, -0.1) is 0 Å². The number of aryl methyl sites for hydroxylation is 1. The third-order valence-corrected chi connectivity index (χ3v) is 2.80. The van der Waals surface area contributed by atoms with E-state index in [0.29, 0.717) is 0 Å². The number of anilines is 1. The van der Waals surface area contributed by atoms with Gasteiger partial charge in [-0.05, 0) is 19.1 Å². The fraction of sp³-hybridized carbons (Fsp3) is 0.308. The molecule has 2 rings (SSSR count). The summed E-state index contributed by atoms with van der Waals surface area (Å²) in [4.78, 5) is 10.2. The molecular weight excluding hydrogens is 244 g/mol. The zero-order valence-corrected chi connectivity index (χ0v) is 11.0. The Labute approximate surface area is 111 Å². The second-order valence-corrected chi connectivity index (χ2v) is 4.63. The second-order valence-electron chi connectivity index (χ2n) is 4.63. The maximum absolute atomic E-state index is 10.6. The summed E-state index contributed by atoms with van der Waals surface area (Å²) in [7, 11) is 1.98. The molecule has 0 aliphatic heterocycles. The monoisotopic (exact) mass is 261 g/mol. The van der Waals surface area contributed by atoms with E-state index in [-0.39, 0.29) is 11.7 Å². The first-order valence-corrected chi connectivity index (χ1v) is 6.06. The van der Waals surface area contributed by atoms with Gasteiger partial charge in [0.1, 0.15) is 18.9 Å². The van der Waals surface area contributed by atoms with Crippen LogP contribution >= 0.6 is 0 Å². The van der Waals surface area contributed by atoms with Gasteiger partial charge < -0.3 is 5.32 Å². The van der Waals surface area contributed by atoms with Crippen LogP contribution in [0.5, 0.6) is 0 Å². The van der Waals surface area contributed by atoms with Crippen LogP contribution in [0.3, 0.4) is 0 Å². The molecule has 6 nitrogen and oxygen atoms in total. The molecule has 0 saturated carbocycles. The van der Waals surface area contributed by atoms with Gasteiger partial charge >= 0.3 is 0 Å². The average molecular weight is 261 g/mol. The Morgan fingerprint density at radius 1 is 1.42 bits per heavy atom. The van der Waals surface area contributed by atoms with Gasteiger partial charge in [0, 0.05) is 17.8 Å². The number of hydrogen-bond donors (Lipinski definition) is 1. The van der Waals surface area contributed by atoms with E-state index in [4.69, 9.17) is 0 Å². The SMILES string of the molecule is CC(Cn1cc[n+](C)c1)Nc1ccc([N+](=O)[O-])cc1. The molecule has 2 aromatic rings. The predicted octanol–water partition coefficient (Wildman–Crippen LogP) is 1.72. The number of imidazole rings is 1. The minimum absolute atomic E-state index is 0.107. The third-order valence-electron chi connectivity index (χ3n) is 2.80. The number of aromatic nitrogens is 2. The summed E-state index contributed by atoms with van der Waals surface area (Å²) < 4.78 is 4.07. The highest BCUT2D eigenvalue weighted by Crippen LogP contribution is 2.16. The van der Waals surface area contributed by atoms with Crippen LogP contribution in [-0.4, -0.2) is 15.5 Å². The summed E-state index contributed by atoms with van der Waals surface area (Å²) in [6.45, 7) is 2.90. The summed E-state index contributed by atoms with van der Waals surface area (Å²) in [5.41, 5.74) is 0.991. The molecule has 1 atom stereocenters. The zero-order valence-electron chi connectivity index (χ0n) is 11.0. The maximum Gasteiger partial charge on any atom is 0.269 e. The molecule has 0 aliphatic rings. The molecule has 1 N–H and O–H groups in total. The number of nitrogens with zero attached hydrogens (tertiary/aromatic N) is 3. The molecule has 0 aliphatic carbocycles. The molecule has 0 saturated heterocycles. The van der Waals surface area contributed by atoms with Crippen LogP contribution in [0.2, 0.25) is 0 Å². The molecule has 1 aromatic heterocycles. The largest absolute Gasteiger partial charge is 0.379 e. The van der Waals surface area contributed by atoms with Crippen molar-refractivity contribution >= 4 is 11.4 Å². The van der Waals surface area contributed by atoms with Gasteiger partial charge in [-0.2, -0.15) is 0 Å². The van der Waals surface area contributed by atoms with E-state index in [9.17, 15) is 10.1 Å². The quantitative estimate of drug-likeness (QED) is 0.506. The molecule has 100 valence electrons. The van der Waals surface area contributed by atoms with Crippen molar-refractivity contribution in [3.8, 4) is 0 Å². The van der Waals surface area contributed by atoms with E-state index in [2.05, 4.69) is 16.8 Å². The number of nitro groups is 1. The fourth-order valence-electron chi connectivity index (χ4n) is 1.94. The summed E-state index contributed by atoms with van der Waals surface area (Å²) in [5, 5.41) is 13.9. The van der Waals surface area contributed by atoms with Crippen LogP contribution in [0.4, 0.5) is 11.4 Å². The number of benzene rings is 1. The molecule has 0 radical (unpaired) electrons. The van der Waals surface area contributed by atoms with E-state index in [1.807, 2.05) is 30.3 Å². The standard InChI is InChI=1S/C13H17N4O2/c1-11(9-16-8-7-15(2)10-16)14-12-3-5-13(6-4-12)17(18)19/h3-8,10-11,14H,9H2,1-2H3/q+1. The normalized spacial score (nSPS) is 12.1. The van der Waals surface area contributed by atoms with Crippen molar-refractivity contribution in [3.05, 3.63) is 53.1 Å². The van der Waals surface area contributed by atoms with E-state index >= 15 is 0 Å². The minimum Gasteiger partial charge on any atom is -0.379 e. The van der Waals surface area contributed by atoms with Crippen molar-refractivity contribution in [3.63, 3.8) is 0 Å². The van der Waals surface area contributed by atoms with Gasteiger partial charge in [-0.25, -0.2) is 9.13 Å². The van der Waals surface area contributed by atoms with Crippen LogP contribution in [0, 0.1) is 10.1 Å². The average Bonchev–Trinajstić information content (AvgIpc) is 2.75. The Morgan fingerprint density at radius 3 is 2.63 bits per heavy atom. The Balaban J connectivity index is 1.94. The lowest BCUT2D eigenvalue weighted by atomic mass is 10.2. The first kappa shape index (κ1) is 13.1. The van der Waals surface area contributed by atoms with E-state index in [1.165, 1.54) is 12.1 Å². The lowest BCUT2D eigenvalue weighted by Gasteiger charge is -2.12. The molecule has 0 bridgehead atoms. The van der Waals surface area contributed by atoms with Crippen LogP contribution in [0.15, 0.2) is 43.0 Å². The Bertz CT molecular complexity index is 562. The number of rotatable bonds is 5. The number of nitro benzene ring substituents is 1. The van der Waals surface area contributed by atoms with E-state index < -0.39 is 4.92 Å². The van der Waals surface area contributed by atoms with Crippen LogP contribution in [0.1, 0.15) is 6.92 Å². The second kappa shape index (κ2) is 5.51. The Kier molecular flexibility index (Phi) is 3.79. The summed E-state index contributed by atoms with van der Waals surface area (Å²) >= 11 is 0. The fourth-order valence-corrected chi connectivity index (χ4v) is 1.94. The molecule has 1 heterocycles. The lowest BCUT2D eigenvalue weighted by Crippen LogP contribution is -2.26. The molecule has 19 heavy (non-hydrogen) atoms. The number of non-ortho nitro benzene ring substituents is 1. The molecule has 6 heteroatoms. The Hall–Kier alpha value is -2.37. The van der Waals surface area contributed by atoms with Crippen molar-refractivity contribution in [2.45, 2.75) is 19.5 Å². The highest BCUT2D eigenvalue weighted by atomic mass is 16.6. The predicted molar refractivity (Wildman–Crippen MR) is 71.8 cm³/mol. The first-order valence-electron chi connectivity index (χ1n) is 6.06. The molecule has 0 fully saturated rings. The minimum atomic E-state index is -0.396. The number of nitrogens with one attached hydrogen (secondary N) is 1. The summed E-state index contributed by atoms with van der Waals surface area (Å²) in [5.74, 6) is 0. The van der Waals surface area contributed by atoms with Gasteiger partial charge in [-0.1, -0.05) is 0 Å². The van der Waals surface area contributed by atoms with Crippen LogP contribution in [0.25, 0.3) is 0 Å². The van der Waals surface area contributed by atoms with E-state index in [0.717, 1.165) is 12.2 Å². The smallest absolute Gasteiger partial charge is 0.269 e. The highest BCUT2D eigenvalue weighted by molar-refractivity contribution is 5.48. The topological polar surface area (TPSA) is 64.0 Å². The Morgan fingerprint density at radius 2 is 2.11 bits per heavy atom. The zero-order chi connectivity index (χ0) is 13.8. The van der Waals surface area contributed by atoms with Crippen molar-refractivity contribution in [2.75, 3.05) is 5.32 Å². The number of hydrogen-bond acceptors (Lipinski definition) is 3. The van der Waals surface area contributed by atoms with Crippen molar-refractivity contribution < 1.29 is 9.49 Å². The molecule has 0 amide bonds. The van der Waals surface area contributed by atoms with Crippen LogP contribution in [-0.2, 0) is 13.6 Å². The molecule has 0 spiro atoms. The molecule has 1 aromatic carbocycles. The summed E-state index contributed by atoms with van der Waals surface area (Å²) in [6.07, 6.45) is 6.00. The van der Waals surface area contributed by atoms with Gasteiger partial charge in [0.15, 0.2) is 0 Å². The lowest BCUT2D eigenvalue weighted by molar-refractivity contribution is -0.671. The molecular formula is C13H17N4O2+. The maximum atomic E-state index is 10.6. The van der Waals surface area contributed by atoms with Crippen LogP contribution < -0.4 is 9.88 Å². The summed E-state index contributed by atoms with van der Waals surface area (Å²) in [6, 6.07) is 6.69. The first-order chi connectivity index (χ1) is 9.04. The van der Waals surface area contributed by atoms with Crippen molar-refractivity contribution in [2.24, 2.45) is 7.05 Å². The third kappa shape index (κ3) is 3.54. The van der Waals surface area contributed by atoms with Crippen molar-refractivity contribution in [1.82, 2.24) is 4.57 Å². The van der Waals surface area contributed by atoms with Gasteiger partial charge in [-0.3, -0.25) is 10.1 Å². The highest BCUT2D eigenvalue weighted by Gasteiger charge is 2.09. The van der Waals surface area contributed by atoms with Gasteiger partial charge in [0.2, 0.25) is 6.33 Å². The van der Waals surface area contributed by atoms with E-state index in [1.54, 1.807) is 12.1 Å². The van der Waals surface area contributed by atoms with Crippen molar-refractivity contribution in [1.29, 1.82) is 0 Å². The molecule has 1 unspecified atom stereocenters.